The van der Waals surface area contributed by atoms with Crippen LogP contribution in [0.15, 0.2) is 108 Å². The number of piperazine rings is 1. The van der Waals surface area contributed by atoms with Gasteiger partial charge >= 0.3 is 5.79 Å². The molecule has 2 aliphatic rings. The van der Waals surface area contributed by atoms with Gasteiger partial charge in [0.1, 0.15) is 0 Å². The van der Waals surface area contributed by atoms with E-state index in [9.17, 15) is 8.42 Å². The predicted octanol–water partition coefficient (Wildman–Crippen LogP) is 5.52. The monoisotopic (exact) mass is 532 g/mol. The molecule has 0 amide bonds. The third kappa shape index (κ3) is 4.33. The first kappa shape index (κ1) is 23.9. The number of benzene rings is 4. The number of halogens is 1. The molecule has 0 unspecified atom stereocenters. The number of sulfonamides is 1. The quantitative estimate of drug-likeness (QED) is 0.338. The molecule has 4 aromatic carbocycles. The second kappa shape index (κ2) is 9.41. The lowest BCUT2D eigenvalue weighted by molar-refractivity contribution is -0.0459. The highest BCUT2D eigenvalue weighted by atomic mass is 35.5. The second-order valence-corrected chi connectivity index (χ2v) is 11.4. The van der Waals surface area contributed by atoms with E-state index in [1.807, 2.05) is 84.9 Å². The summed E-state index contributed by atoms with van der Waals surface area (Å²) in [5, 5.41) is 0.662. The van der Waals surface area contributed by atoms with Crippen LogP contribution in [0.3, 0.4) is 0 Å². The maximum absolute atomic E-state index is 13.6. The SMILES string of the molecule is O=S(=O)(c1ccc2c(c1)OC(c1ccccc1)(c1ccccc1)O2)N1CCN(c2cccc(Cl)c2)CC1. The van der Waals surface area contributed by atoms with Crippen molar-refractivity contribution in [2.45, 2.75) is 10.7 Å². The van der Waals surface area contributed by atoms with Crippen molar-refractivity contribution in [3.05, 3.63) is 119 Å². The van der Waals surface area contributed by atoms with Gasteiger partial charge in [0.2, 0.25) is 10.0 Å². The van der Waals surface area contributed by atoms with Gasteiger partial charge in [-0.2, -0.15) is 4.31 Å². The zero-order valence-electron chi connectivity index (χ0n) is 20.0. The van der Waals surface area contributed by atoms with Crippen molar-refractivity contribution in [3.8, 4) is 11.5 Å². The first-order valence-electron chi connectivity index (χ1n) is 12.1. The van der Waals surface area contributed by atoms with E-state index in [1.165, 1.54) is 4.31 Å². The summed E-state index contributed by atoms with van der Waals surface area (Å²) < 4.78 is 41.5. The van der Waals surface area contributed by atoms with Gasteiger partial charge in [0.05, 0.1) is 4.90 Å². The fourth-order valence-corrected chi connectivity index (χ4v) is 6.49. The molecule has 0 saturated carbocycles. The van der Waals surface area contributed by atoms with E-state index >= 15 is 0 Å². The molecule has 1 fully saturated rings. The lowest BCUT2D eigenvalue weighted by Gasteiger charge is -2.35. The number of fused-ring (bicyclic) bond motifs is 1. The van der Waals surface area contributed by atoms with Crippen LogP contribution in [-0.2, 0) is 15.8 Å². The van der Waals surface area contributed by atoms with Gasteiger partial charge in [-0.15, -0.1) is 0 Å². The molecule has 188 valence electrons. The minimum Gasteiger partial charge on any atom is -0.440 e. The van der Waals surface area contributed by atoms with E-state index in [1.54, 1.807) is 18.2 Å². The van der Waals surface area contributed by atoms with E-state index in [0.717, 1.165) is 16.8 Å². The third-order valence-electron chi connectivity index (χ3n) is 6.78. The molecule has 6 rings (SSSR count). The fourth-order valence-electron chi connectivity index (χ4n) is 4.87. The topological polar surface area (TPSA) is 59.1 Å². The fraction of sp³-hybridized carbons (Fsp3) is 0.172. The molecule has 8 heteroatoms. The Morgan fingerprint density at radius 1 is 0.676 bits per heavy atom. The Hall–Kier alpha value is -3.52. The molecule has 0 radical (unpaired) electrons. The molecule has 0 bridgehead atoms. The molecule has 0 aliphatic carbocycles. The van der Waals surface area contributed by atoms with Crippen LogP contribution in [0.1, 0.15) is 11.1 Å². The number of hydrogen-bond donors (Lipinski definition) is 0. The van der Waals surface area contributed by atoms with Crippen LogP contribution >= 0.6 is 11.6 Å². The molecule has 1 saturated heterocycles. The van der Waals surface area contributed by atoms with Crippen LogP contribution < -0.4 is 14.4 Å². The van der Waals surface area contributed by atoms with Crippen molar-refractivity contribution in [2.24, 2.45) is 0 Å². The van der Waals surface area contributed by atoms with Gasteiger partial charge in [-0.25, -0.2) is 8.42 Å². The summed E-state index contributed by atoms with van der Waals surface area (Å²) in [5.41, 5.74) is 2.63. The highest BCUT2D eigenvalue weighted by molar-refractivity contribution is 7.89. The van der Waals surface area contributed by atoms with E-state index in [4.69, 9.17) is 21.1 Å². The Morgan fingerprint density at radius 2 is 1.30 bits per heavy atom. The van der Waals surface area contributed by atoms with Gasteiger partial charge in [-0.1, -0.05) is 78.3 Å². The van der Waals surface area contributed by atoms with Crippen molar-refractivity contribution >= 4 is 27.3 Å². The molecule has 0 N–H and O–H groups in total. The van der Waals surface area contributed by atoms with Gasteiger partial charge in [-0.3, -0.25) is 0 Å². The van der Waals surface area contributed by atoms with Crippen LogP contribution in [0.25, 0.3) is 0 Å². The van der Waals surface area contributed by atoms with Crippen molar-refractivity contribution in [1.82, 2.24) is 4.31 Å². The Kier molecular flexibility index (Phi) is 6.07. The van der Waals surface area contributed by atoms with Crippen LogP contribution in [-0.4, -0.2) is 38.9 Å². The zero-order valence-corrected chi connectivity index (χ0v) is 21.5. The first-order chi connectivity index (χ1) is 18.0. The summed E-state index contributed by atoms with van der Waals surface area (Å²) in [4.78, 5) is 2.33. The lowest BCUT2D eigenvalue weighted by atomic mass is 9.97. The van der Waals surface area contributed by atoms with Crippen LogP contribution in [0, 0.1) is 0 Å². The van der Waals surface area contributed by atoms with Crippen molar-refractivity contribution in [3.63, 3.8) is 0 Å². The van der Waals surface area contributed by atoms with E-state index in [2.05, 4.69) is 4.90 Å². The maximum Gasteiger partial charge on any atom is 0.305 e. The summed E-state index contributed by atoms with van der Waals surface area (Å²) in [7, 11) is -3.72. The molecule has 2 aliphatic heterocycles. The molecule has 37 heavy (non-hydrogen) atoms. The molecule has 4 aromatic rings. The number of anilines is 1. The number of nitrogens with zero attached hydrogens (tertiary/aromatic N) is 2. The second-order valence-electron chi connectivity index (χ2n) is 9.03. The van der Waals surface area contributed by atoms with E-state index in [-0.39, 0.29) is 4.90 Å². The summed E-state index contributed by atoms with van der Waals surface area (Å²) in [6, 6.07) is 31.8. The van der Waals surface area contributed by atoms with E-state index < -0.39 is 15.8 Å². The van der Waals surface area contributed by atoms with Crippen LogP contribution in [0.2, 0.25) is 5.02 Å². The van der Waals surface area contributed by atoms with Crippen molar-refractivity contribution in [2.75, 3.05) is 31.1 Å². The molecule has 0 aromatic heterocycles. The highest BCUT2D eigenvalue weighted by Crippen LogP contribution is 2.48. The Labute approximate surface area is 221 Å². The summed E-state index contributed by atoms with van der Waals surface area (Å²) >= 11 is 6.13. The maximum atomic E-state index is 13.6. The Bertz CT molecular complexity index is 1480. The summed E-state index contributed by atoms with van der Waals surface area (Å²) in [6.07, 6.45) is 0. The summed E-state index contributed by atoms with van der Waals surface area (Å²) in [6.45, 7) is 1.91. The first-order valence-corrected chi connectivity index (χ1v) is 13.9. The molecule has 0 spiro atoms. The van der Waals surface area contributed by atoms with E-state index in [0.29, 0.717) is 42.7 Å². The Morgan fingerprint density at radius 3 is 1.92 bits per heavy atom. The summed E-state index contributed by atoms with van der Waals surface area (Å²) in [5.74, 6) is -0.306. The normalized spacial score (nSPS) is 17.1. The average molecular weight is 533 g/mol. The highest BCUT2D eigenvalue weighted by Gasteiger charge is 2.46. The lowest BCUT2D eigenvalue weighted by Crippen LogP contribution is -2.48. The average Bonchev–Trinajstić information content (AvgIpc) is 3.34. The Balaban J connectivity index is 1.26. The van der Waals surface area contributed by atoms with Gasteiger partial charge in [0.15, 0.2) is 11.5 Å². The van der Waals surface area contributed by atoms with Crippen molar-refractivity contribution < 1.29 is 17.9 Å². The largest absolute Gasteiger partial charge is 0.440 e. The smallest absolute Gasteiger partial charge is 0.305 e. The zero-order chi connectivity index (χ0) is 25.5. The standard InChI is InChI=1S/C29H25ClN2O4S/c30-24-12-7-13-25(20-24)31-16-18-32(19-17-31)37(33,34)26-14-15-27-28(21-26)36-29(35-27,22-8-3-1-4-9-22)23-10-5-2-6-11-23/h1-15,20-21H,16-19H2. The number of ether oxygens (including phenoxy) is 2. The predicted molar refractivity (Wildman–Crippen MR) is 144 cm³/mol. The molecule has 2 heterocycles. The number of rotatable bonds is 5. The van der Waals surface area contributed by atoms with Crippen molar-refractivity contribution in [1.29, 1.82) is 0 Å². The number of hydrogen-bond acceptors (Lipinski definition) is 5. The minimum absolute atomic E-state index is 0.183. The molecular weight excluding hydrogens is 508 g/mol. The van der Waals surface area contributed by atoms with Gasteiger partial charge < -0.3 is 14.4 Å². The van der Waals surface area contributed by atoms with Crippen LogP contribution in [0.4, 0.5) is 5.69 Å². The van der Waals surface area contributed by atoms with Gasteiger partial charge in [0.25, 0.3) is 0 Å². The molecule has 6 nitrogen and oxygen atoms in total. The third-order valence-corrected chi connectivity index (χ3v) is 8.91. The molecule has 0 atom stereocenters. The minimum atomic E-state index is -3.72. The molecular formula is C29H25ClN2O4S. The van der Waals surface area contributed by atoms with Gasteiger partial charge in [0, 0.05) is 54.1 Å². The van der Waals surface area contributed by atoms with Gasteiger partial charge in [-0.05, 0) is 30.3 Å². The van der Waals surface area contributed by atoms with Crippen LogP contribution in [0.5, 0.6) is 11.5 Å².